The zero-order chi connectivity index (χ0) is 15.1. The van der Waals surface area contributed by atoms with Gasteiger partial charge in [0.15, 0.2) is 0 Å². The number of likely N-dealkylation sites (tertiary alicyclic amines) is 1. The summed E-state index contributed by atoms with van der Waals surface area (Å²) in [7, 11) is 5.36. The Labute approximate surface area is 124 Å². The summed E-state index contributed by atoms with van der Waals surface area (Å²) < 4.78 is 1.71. The fourth-order valence-corrected chi connectivity index (χ4v) is 3.19. The number of aryl methyl sites for hydroxylation is 1. The molecule has 2 aliphatic heterocycles. The molecule has 0 N–H and O–H groups in total. The van der Waals surface area contributed by atoms with Gasteiger partial charge in [0.25, 0.3) is 0 Å². The molecule has 1 aromatic rings. The number of rotatable bonds is 3. The number of likely N-dealkylation sites (N-methyl/N-ethyl adjacent to an activating group) is 1. The van der Waals surface area contributed by atoms with Crippen LogP contribution in [0.1, 0.15) is 0 Å². The molecule has 0 saturated carbocycles. The highest BCUT2D eigenvalue weighted by atomic mass is 16.2. The van der Waals surface area contributed by atoms with E-state index in [0.29, 0.717) is 19.0 Å². The molecule has 0 unspecified atom stereocenters. The van der Waals surface area contributed by atoms with E-state index in [1.807, 2.05) is 18.1 Å². The standard InChI is InChI=1S/C14H21N5O2/c1-16(2)13(20)9-18-5-10-6-19(14(21)12(10)8-18)11-4-15-17(3)7-11/h4,7,10,12H,5-6,8-9H2,1-3H3/t10-,12-/m1/s1. The lowest BCUT2D eigenvalue weighted by molar-refractivity contribution is -0.130. The van der Waals surface area contributed by atoms with Crippen molar-refractivity contribution in [2.75, 3.05) is 45.2 Å². The van der Waals surface area contributed by atoms with Crippen molar-refractivity contribution < 1.29 is 9.59 Å². The molecule has 2 saturated heterocycles. The first-order chi connectivity index (χ1) is 9.95. The van der Waals surface area contributed by atoms with Crippen LogP contribution in [0.2, 0.25) is 0 Å². The van der Waals surface area contributed by atoms with Crippen molar-refractivity contribution in [3.63, 3.8) is 0 Å². The van der Waals surface area contributed by atoms with Crippen LogP contribution in [0.4, 0.5) is 5.69 Å². The molecule has 0 aliphatic carbocycles. The first-order valence-electron chi connectivity index (χ1n) is 7.18. The van der Waals surface area contributed by atoms with Gasteiger partial charge in [-0.05, 0) is 0 Å². The van der Waals surface area contributed by atoms with Crippen molar-refractivity contribution in [3.05, 3.63) is 12.4 Å². The van der Waals surface area contributed by atoms with Crippen molar-refractivity contribution in [1.29, 1.82) is 0 Å². The monoisotopic (exact) mass is 291 g/mol. The highest BCUT2D eigenvalue weighted by Gasteiger charge is 2.47. The number of hydrogen-bond acceptors (Lipinski definition) is 4. The topological polar surface area (TPSA) is 61.7 Å². The van der Waals surface area contributed by atoms with Crippen LogP contribution in [0.5, 0.6) is 0 Å². The maximum atomic E-state index is 12.5. The van der Waals surface area contributed by atoms with Crippen LogP contribution in [-0.4, -0.2) is 71.7 Å². The Morgan fingerprint density at radius 1 is 1.38 bits per heavy atom. The molecule has 114 valence electrons. The third-order valence-corrected chi connectivity index (χ3v) is 4.38. The fraction of sp³-hybridized carbons (Fsp3) is 0.643. The van der Waals surface area contributed by atoms with Gasteiger partial charge in [-0.2, -0.15) is 5.10 Å². The molecule has 3 rings (SSSR count). The molecule has 2 aliphatic rings. The smallest absolute Gasteiger partial charge is 0.236 e. The summed E-state index contributed by atoms with van der Waals surface area (Å²) in [6, 6.07) is 0. The van der Waals surface area contributed by atoms with E-state index in [1.54, 1.807) is 29.9 Å². The van der Waals surface area contributed by atoms with Gasteiger partial charge in [-0.15, -0.1) is 0 Å². The average Bonchev–Trinajstić information content (AvgIpc) is 3.07. The lowest BCUT2D eigenvalue weighted by atomic mass is 10.0. The van der Waals surface area contributed by atoms with E-state index < -0.39 is 0 Å². The molecule has 2 atom stereocenters. The van der Waals surface area contributed by atoms with E-state index in [4.69, 9.17) is 0 Å². The molecule has 0 spiro atoms. The van der Waals surface area contributed by atoms with Gasteiger partial charge in [0.2, 0.25) is 11.8 Å². The Balaban J connectivity index is 1.64. The quantitative estimate of drug-likeness (QED) is 0.746. The molecule has 0 aromatic carbocycles. The zero-order valence-electron chi connectivity index (χ0n) is 12.7. The summed E-state index contributed by atoms with van der Waals surface area (Å²) >= 11 is 0. The van der Waals surface area contributed by atoms with Gasteiger partial charge in [0.05, 0.1) is 24.3 Å². The summed E-state index contributed by atoms with van der Waals surface area (Å²) in [6.07, 6.45) is 3.60. The fourth-order valence-electron chi connectivity index (χ4n) is 3.19. The van der Waals surface area contributed by atoms with Gasteiger partial charge in [0.1, 0.15) is 0 Å². The highest BCUT2D eigenvalue weighted by Crippen LogP contribution is 2.34. The molecule has 3 heterocycles. The minimum absolute atomic E-state index is 0.0140. The third kappa shape index (κ3) is 2.53. The maximum Gasteiger partial charge on any atom is 0.236 e. The predicted octanol–water partition coefficient (Wildman–Crippen LogP) is -0.597. The molecule has 7 nitrogen and oxygen atoms in total. The number of amides is 2. The Morgan fingerprint density at radius 3 is 2.71 bits per heavy atom. The molecule has 0 bridgehead atoms. The van der Waals surface area contributed by atoms with Crippen LogP contribution in [-0.2, 0) is 16.6 Å². The van der Waals surface area contributed by atoms with Gasteiger partial charge in [0, 0.05) is 52.9 Å². The zero-order valence-corrected chi connectivity index (χ0v) is 12.7. The van der Waals surface area contributed by atoms with Crippen molar-refractivity contribution >= 4 is 17.5 Å². The molecule has 21 heavy (non-hydrogen) atoms. The highest BCUT2D eigenvalue weighted by molar-refractivity contribution is 5.97. The molecular formula is C14H21N5O2. The van der Waals surface area contributed by atoms with E-state index in [-0.39, 0.29) is 17.7 Å². The summed E-state index contributed by atoms with van der Waals surface area (Å²) in [4.78, 5) is 29.8. The summed E-state index contributed by atoms with van der Waals surface area (Å²) in [5, 5.41) is 4.13. The Hall–Kier alpha value is -1.89. The van der Waals surface area contributed by atoms with Crippen molar-refractivity contribution in [1.82, 2.24) is 19.6 Å². The SMILES string of the molecule is CN(C)C(=O)CN1C[C@@H]2CN(c3cnn(C)c3)C(=O)[C@@H]2C1. The Bertz CT molecular complexity index is 567. The van der Waals surface area contributed by atoms with Crippen LogP contribution in [0.3, 0.4) is 0 Å². The molecule has 0 radical (unpaired) electrons. The van der Waals surface area contributed by atoms with Gasteiger partial charge in [-0.1, -0.05) is 0 Å². The second-order valence-corrected chi connectivity index (χ2v) is 6.17. The summed E-state index contributed by atoms with van der Waals surface area (Å²) in [5.41, 5.74) is 0.868. The molecule has 1 aromatic heterocycles. The summed E-state index contributed by atoms with van der Waals surface area (Å²) in [6.45, 7) is 2.62. The number of hydrogen-bond donors (Lipinski definition) is 0. The second kappa shape index (κ2) is 5.14. The minimum Gasteiger partial charge on any atom is -0.348 e. The van der Waals surface area contributed by atoms with E-state index in [2.05, 4.69) is 10.00 Å². The van der Waals surface area contributed by atoms with Crippen LogP contribution >= 0.6 is 0 Å². The van der Waals surface area contributed by atoms with E-state index >= 15 is 0 Å². The minimum atomic E-state index is 0.0140. The first-order valence-corrected chi connectivity index (χ1v) is 7.18. The van der Waals surface area contributed by atoms with Crippen LogP contribution in [0.15, 0.2) is 12.4 Å². The Kier molecular flexibility index (Phi) is 3.44. The van der Waals surface area contributed by atoms with Crippen LogP contribution in [0, 0.1) is 11.8 Å². The average molecular weight is 291 g/mol. The number of anilines is 1. The lowest BCUT2D eigenvalue weighted by Crippen LogP contribution is -2.38. The van der Waals surface area contributed by atoms with Crippen LogP contribution < -0.4 is 4.90 Å². The molecular weight excluding hydrogens is 270 g/mol. The summed E-state index contributed by atoms with van der Waals surface area (Å²) in [5.74, 6) is 0.576. The first kappa shape index (κ1) is 14.1. The lowest BCUT2D eigenvalue weighted by Gasteiger charge is -2.21. The molecule has 2 fully saturated rings. The van der Waals surface area contributed by atoms with Gasteiger partial charge < -0.3 is 9.80 Å². The number of nitrogens with zero attached hydrogens (tertiary/aromatic N) is 5. The normalized spacial score (nSPS) is 25.5. The van der Waals surface area contributed by atoms with Gasteiger partial charge >= 0.3 is 0 Å². The van der Waals surface area contributed by atoms with Gasteiger partial charge in [-0.3, -0.25) is 19.2 Å². The maximum absolute atomic E-state index is 12.5. The van der Waals surface area contributed by atoms with E-state index in [0.717, 1.165) is 18.8 Å². The number of aromatic nitrogens is 2. The third-order valence-electron chi connectivity index (χ3n) is 4.38. The molecule has 2 amide bonds. The second-order valence-electron chi connectivity index (χ2n) is 6.17. The predicted molar refractivity (Wildman–Crippen MR) is 77.7 cm³/mol. The molecule has 7 heteroatoms. The number of fused-ring (bicyclic) bond motifs is 1. The number of carbonyl (C=O) groups is 2. The van der Waals surface area contributed by atoms with Crippen molar-refractivity contribution in [3.8, 4) is 0 Å². The van der Waals surface area contributed by atoms with Crippen LogP contribution in [0.25, 0.3) is 0 Å². The van der Waals surface area contributed by atoms with Crippen molar-refractivity contribution in [2.24, 2.45) is 18.9 Å². The van der Waals surface area contributed by atoms with Gasteiger partial charge in [-0.25, -0.2) is 0 Å². The van der Waals surface area contributed by atoms with E-state index in [9.17, 15) is 9.59 Å². The number of carbonyl (C=O) groups excluding carboxylic acids is 2. The Morgan fingerprint density at radius 2 is 2.14 bits per heavy atom. The van der Waals surface area contributed by atoms with Crippen molar-refractivity contribution in [2.45, 2.75) is 0 Å². The van der Waals surface area contributed by atoms with E-state index in [1.165, 1.54) is 0 Å². The largest absolute Gasteiger partial charge is 0.348 e.